The SMILES string of the molecule is COc1ccccc1-c1n[nH]c(CC(=O)O)c1Br. The van der Waals surface area contributed by atoms with Gasteiger partial charge in [-0.2, -0.15) is 5.10 Å². The summed E-state index contributed by atoms with van der Waals surface area (Å²) in [6.07, 6.45) is -0.108. The fraction of sp³-hybridized carbons (Fsp3) is 0.167. The second-order valence-electron chi connectivity index (χ2n) is 3.64. The topological polar surface area (TPSA) is 75.2 Å². The summed E-state index contributed by atoms with van der Waals surface area (Å²) in [6.45, 7) is 0. The maximum atomic E-state index is 10.7. The predicted octanol–water partition coefficient (Wildman–Crippen LogP) is 2.47. The first-order valence-electron chi connectivity index (χ1n) is 5.21. The molecule has 2 rings (SSSR count). The largest absolute Gasteiger partial charge is 0.496 e. The van der Waals surface area contributed by atoms with Crippen LogP contribution in [0.25, 0.3) is 11.3 Å². The van der Waals surface area contributed by atoms with E-state index in [1.54, 1.807) is 7.11 Å². The van der Waals surface area contributed by atoms with Crippen LogP contribution in [0.4, 0.5) is 0 Å². The van der Waals surface area contributed by atoms with Gasteiger partial charge in [-0.1, -0.05) is 12.1 Å². The fourth-order valence-electron chi connectivity index (χ4n) is 1.65. The van der Waals surface area contributed by atoms with E-state index in [1.165, 1.54) is 0 Å². The number of nitrogens with one attached hydrogen (secondary N) is 1. The van der Waals surface area contributed by atoms with Crippen LogP contribution < -0.4 is 4.74 Å². The van der Waals surface area contributed by atoms with Crippen molar-refractivity contribution in [2.45, 2.75) is 6.42 Å². The highest BCUT2D eigenvalue weighted by Crippen LogP contribution is 2.34. The summed E-state index contributed by atoms with van der Waals surface area (Å²) in [5, 5.41) is 15.6. The first-order chi connectivity index (χ1) is 8.63. The average molecular weight is 311 g/mol. The molecule has 6 heteroatoms. The molecule has 0 aliphatic heterocycles. The summed E-state index contributed by atoms with van der Waals surface area (Å²) in [5.41, 5.74) is 1.98. The third-order valence-corrected chi connectivity index (χ3v) is 3.32. The maximum Gasteiger partial charge on any atom is 0.309 e. The number of hydrogen-bond donors (Lipinski definition) is 2. The van der Waals surface area contributed by atoms with E-state index in [4.69, 9.17) is 9.84 Å². The van der Waals surface area contributed by atoms with Crippen molar-refractivity contribution in [2.24, 2.45) is 0 Å². The van der Waals surface area contributed by atoms with Crippen LogP contribution in [0.2, 0.25) is 0 Å². The normalized spacial score (nSPS) is 10.3. The van der Waals surface area contributed by atoms with Crippen LogP contribution in [0.1, 0.15) is 5.69 Å². The Labute approximate surface area is 112 Å². The van der Waals surface area contributed by atoms with E-state index in [0.29, 0.717) is 21.6 Å². The highest BCUT2D eigenvalue weighted by atomic mass is 79.9. The van der Waals surface area contributed by atoms with Gasteiger partial charge in [0.2, 0.25) is 0 Å². The molecule has 0 amide bonds. The molecule has 0 spiro atoms. The number of para-hydroxylation sites is 1. The summed E-state index contributed by atoms with van der Waals surface area (Å²) < 4.78 is 5.90. The lowest BCUT2D eigenvalue weighted by molar-refractivity contribution is -0.136. The van der Waals surface area contributed by atoms with Gasteiger partial charge in [0, 0.05) is 5.56 Å². The number of aliphatic carboxylic acids is 1. The molecule has 1 aromatic heterocycles. The molecule has 0 unspecified atom stereocenters. The minimum atomic E-state index is -0.911. The minimum absolute atomic E-state index is 0.108. The number of halogens is 1. The molecule has 0 aliphatic carbocycles. The Morgan fingerprint density at radius 1 is 1.50 bits per heavy atom. The van der Waals surface area contributed by atoms with Gasteiger partial charge < -0.3 is 9.84 Å². The molecular formula is C12H11BrN2O3. The molecule has 0 aliphatic rings. The van der Waals surface area contributed by atoms with Gasteiger partial charge in [-0.05, 0) is 28.1 Å². The molecule has 0 fully saturated rings. The zero-order valence-electron chi connectivity index (χ0n) is 9.61. The predicted molar refractivity (Wildman–Crippen MR) is 69.6 cm³/mol. The summed E-state index contributed by atoms with van der Waals surface area (Å²) >= 11 is 3.37. The molecule has 1 heterocycles. The van der Waals surface area contributed by atoms with E-state index in [2.05, 4.69) is 26.1 Å². The zero-order chi connectivity index (χ0) is 13.1. The first-order valence-corrected chi connectivity index (χ1v) is 6.00. The Bertz CT molecular complexity index is 580. The van der Waals surface area contributed by atoms with Crippen LogP contribution in [0.15, 0.2) is 28.7 Å². The molecule has 2 N–H and O–H groups in total. The quantitative estimate of drug-likeness (QED) is 0.909. The van der Waals surface area contributed by atoms with Crippen molar-refractivity contribution in [1.82, 2.24) is 10.2 Å². The Morgan fingerprint density at radius 2 is 2.22 bits per heavy atom. The van der Waals surface area contributed by atoms with Crippen molar-refractivity contribution in [3.8, 4) is 17.0 Å². The number of carboxylic acids is 1. The first kappa shape index (κ1) is 12.6. The van der Waals surface area contributed by atoms with Crippen molar-refractivity contribution in [1.29, 1.82) is 0 Å². The summed E-state index contributed by atoms with van der Waals surface area (Å²) in [6, 6.07) is 7.43. The third kappa shape index (κ3) is 2.38. The number of carbonyl (C=O) groups is 1. The molecule has 0 bridgehead atoms. The van der Waals surface area contributed by atoms with Crippen molar-refractivity contribution in [3.05, 3.63) is 34.4 Å². The van der Waals surface area contributed by atoms with E-state index >= 15 is 0 Å². The number of ether oxygens (including phenoxy) is 1. The smallest absolute Gasteiger partial charge is 0.309 e. The van der Waals surface area contributed by atoms with Crippen LogP contribution in [0, 0.1) is 0 Å². The lowest BCUT2D eigenvalue weighted by Crippen LogP contribution is -2.00. The van der Waals surface area contributed by atoms with Gasteiger partial charge in [-0.15, -0.1) is 0 Å². The summed E-state index contributed by atoms with van der Waals surface area (Å²) in [4.78, 5) is 10.7. The molecule has 5 nitrogen and oxygen atoms in total. The van der Waals surface area contributed by atoms with Crippen LogP contribution in [0.5, 0.6) is 5.75 Å². The average Bonchev–Trinajstić information content (AvgIpc) is 2.70. The summed E-state index contributed by atoms with van der Waals surface area (Å²) in [5.74, 6) is -0.225. The Morgan fingerprint density at radius 3 is 2.89 bits per heavy atom. The van der Waals surface area contributed by atoms with Gasteiger partial charge in [0.25, 0.3) is 0 Å². The van der Waals surface area contributed by atoms with E-state index in [0.717, 1.165) is 5.56 Å². The molecule has 0 saturated carbocycles. The molecule has 2 aromatic rings. The van der Waals surface area contributed by atoms with Gasteiger partial charge in [0.15, 0.2) is 0 Å². The standard InChI is InChI=1S/C12H11BrN2O3/c1-18-9-5-3-2-4-7(9)12-11(13)8(14-15-12)6-10(16)17/h2-5H,6H2,1H3,(H,14,15)(H,16,17). The number of carboxylic acid groups (broad SMARTS) is 1. The molecule has 0 saturated heterocycles. The number of aromatic amines is 1. The molecule has 1 aromatic carbocycles. The Balaban J connectivity index is 2.45. The Hall–Kier alpha value is -1.82. The summed E-state index contributed by atoms with van der Waals surface area (Å²) in [7, 11) is 1.58. The van der Waals surface area contributed by atoms with Crippen molar-refractivity contribution >= 4 is 21.9 Å². The molecule has 0 atom stereocenters. The van der Waals surface area contributed by atoms with Gasteiger partial charge in [-0.25, -0.2) is 0 Å². The van der Waals surface area contributed by atoms with E-state index in [-0.39, 0.29) is 6.42 Å². The van der Waals surface area contributed by atoms with Crippen molar-refractivity contribution in [3.63, 3.8) is 0 Å². The van der Waals surface area contributed by atoms with Crippen LogP contribution in [-0.4, -0.2) is 28.4 Å². The van der Waals surface area contributed by atoms with Gasteiger partial charge in [0.1, 0.15) is 11.4 Å². The lowest BCUT2D eigenvalue weighted by atomic mass is 10.1. The van der Waals surface area contributed by atoms with Crippen molar-refractivity contribution in [2.75, 3.05) is 7.11 Å². The fourth-order valence-corrected chi connectivity index (χ4v) is 2.18. The second kappa shape index (κ2) is 5.22. The number of rotatable bonds is 4. The highest BCUT2D eigenvalue weighted by Gasteiger charge is 2.17. The number of aromatic nitrogens is 2. The number of hydrogen-bond acceptors (Lipinski definition) is 3. The van der Waals surface area contributed by atoms with E-state index in [1.807, 2.05) is 24.3 Å². The van der Waals surface area contributed by atoms with Crippen LogP contribution in [-0.2, 0) is 11.2 Å². The van der Waals surface area contributed by atoms with Gasteiger partial charge >= 0.3 is 5.97 Å². The zero-order valence-corrected chi connectivity index (χ0v) is 11.2. The van der Waals surface area contributed by atoms with E-state index < -0.39 is 5.97 Å². The van der Waals surface area contributed by atoms with Crippen molar-refractivity contribution < 1.29 is 14.6 Å². The maximum absolute atomic E-state index is 10.7. The Kier molecular flexibility index (Phi) is 3.66. The second-order valence-corrected chi connectivity index (χ2v) is 4.43. The van der Waals surface area contributed by atoms with Crippen LogP contribution >= 0.6 is 15.9 Å². The third-order valence-electron chi connectivity index (χ3n) is 2.47. The van der Waals surface area contributed by atoms with Crippen LogP contribution in [0.3, 0.4) is 0 Å². The van der Waals surface area contributed by atoms with Gasteiger partial charge in [0.05, 0.1) is 23.7 Å². The lowest BCUT2D eigenvalue weighted by Gasteiger charge is -2.05. The number of H-pyrrole nitrogens is 1. The monoisotopic (exact) mass is 310 g/mol. The molecule has 18 heavy (non-hydrogen) atoms. The number of benzene rings is 1. The highest BCUT2D eigenvalue weighted by molar-refractivity contribution is 9.10. The number of methoxy groups -OCH3 is 1. The molecular weight excluding hydrogens is 300 g/mol. The van der Waals surface area contributed by atoms with Gasteiger partial charge in [-0.3, -0.25) is 9.89 Å². The molecule has 0 radical (unpaired) electrons. The number of nitrogens with zero attached hydrogens (tertiary/aromatic N) is 1. The van der Waals surface area contributed by atoms with E-state index in [9.17, 15) is 4.79 Å². The minimum Gasteiger partial charge on any atom is -0.496 e. The molecule has 94 valence electrons.